The van der Waals surface area contributed by atoms with E-state index in [1.807, 2.05) is 6.20 Å². The largest absolute Gasteiger partial charge is 0.374 e. The van der Waals surface area contributed by atoms with E-state index in [2.05, 4.69) is 18.8 Å². The Kier molecular flexibility index (Phi) is 2.88. The van der Waals surface area contributed by atoms with Gasteiger partial charge in [-0.25, -0.2) is 4.98 Å². The highest BCUT2D eigenvalue weighted by Crippen LogP contribution is 2.44. The summed E-state index contributed by atoms with van der Waals surface area (Å²) in [5.41, 5.74) is 0. The van der Waals surface area contributed by atoms with Crippen LogP contribution in [-0.4, -0.2) is 12.1 Å². The zero-order chi connectivity index (χ0) is 10.1. The maximum atomic E-state index is 5.50. The predicted molar refractivity (Wildman–Crippen MR) is 58.7 cm³/mol. The first kappa shape index (κ1) is 10.1. The average Bonchev–Trinajstić information content (AvgIpc) is 2.84. The lowest BCUT2D eigenvalue weighted by atomic mass is 10.2. The van der Waals surface area contributed by atoms with Gasteiger partial charge in [-0.1, -0.05) is 13.8 Å². The van der Waals surface area contributed by atoms with Gasteiger partial charge in [0.05, 0.1) is 0 Å². The van der Waals surface area contributed by atoms with E-state index in [9.17, 15) is 0 Å². The minimum Gasteiger partial charge on any atom is -0.374 e. The van der Waals surface area contributed by atoms with Crippen molar-refractivity contribution in [3.63, 3.8) is 0 Å². The molecule has 0 saturated heterocycles. The third-order valence-electron chi connectivity index (χ3n) is 2.66. The van der Waals surface area contributed by atoms with Crippen LogP contribution < -0.4 is 0 Å². The number of ether oxygens (including phenoxy) is 1. The molecule has 0 amide bonds. The van der Waals surface area contributed by atoms with Gasteiger partial charge < -0.3 is 4.74 Å². The van der Waals surface area contributed by atoms with Crippen LogP contribution in [-0.2, 0) is 4.74 Å². The summed E-state index contributed by atoms with van der Waals surface area (Å²) in [7, 11) is 1.79. The van der Waals surface area contributed by atoms with Crippen molar-refractivity contribution in [1.29, 1.82) is 0 Å². The number of rotatable bonds is 4. The van der Waals surface area contributed by atoms with Crippen molar-refractivity contribution in [3.8, 4) is 0 Å². The normalized spacial score (nSPS) is 18.9. The Morgan fingerprint density at radius 3 is 2.64 bits per heavy atom. The fourth-order valence-corrected chi connectivity index (χ4v) is 2.69. The number of hydrogen-bond donors (Lipinski definition) is 0. The monoisotopic (exact) mass is 211 g/mol. The molecule has 14 heavy (non-hydrogen) atoms. The molecule has 0 aliphatic heterocycles. The van der Waals surface area contributed by atoms with E-state index < -0.39 is 0 Å². The molecule has 1 aliphatic rings. The summed E-state index contributed by atoms with van der Waals surface area (Å²) in [6, 6.07) is 0. The van der Waals surface area contributed by atoms with Gasteiger partial charge in [-0.2, -0.15) is 0 Å². The minimum atomic E-state index is 0.257. The molecule has 1 fully saturated rings. The smallest absolute Gasteiger partial charge is 0.122 e. The van der Waals surface area contributed by atoms with Gasteiger partial charge >= 0.3 is 0 Å². The molecule has 0 radical (unpaired) electrons. The van der Waals surface area contributed by atoms with Crippen LogP contribution in [0.5, 0.6) is 0 Å². The van der Waals surface area contributed by atoms with E-state index in [-0.39, 0.29) is 6.10 Å². The summed E-state index contributed by atoms with van der Waals surface area (Å²) >= 11 is 1.81. The van der Waals surface area contributed by atoms with Crippen molar-refractivity contribution < 1.29 is 4.74 Å². The Labute approximate surface area is 89.3 Å². The first-order valence-corrected chi connectivity index (χ1v) is 6.02. The second kappa shape index (κ2) is 3.99. The van der Waals surface area contributed by atoms with Crippen LogP contribution in [0.2, 0.25) is 0 Å². The molecule has 1 atom stereocenters. The molecule has 0 bridgehead atoms. The first-order valence-electron chi connectivity index (χ1n) is 5.20. The number of aromatic nitrogens is 1. The molecular formula is C11H17NOS. The molecule has 2 rings (SSSR count). The molecule has 1 unspecified atom stereocenters. The van der Waals surface area contributed by atoms with E-state index in [1.54, 1.807) is 18.4 Å². The highest BCUT2D eigenvalue weighted by molar-refractivity contribution is 7.11. The second-order valence-corrected chi connectivity index (χ2v) is 5.34. The molecule has 0 aromatic carbocycles. The van der Waals surface area contributed by atoms with Crippen LogP contribution in [0, 0.1) is 5.92 Å². The van der Waals surface area contributed by atoms with Crippen molar-refractivity contribution in [2.45, 2.75) is 38.7 Å². The lowest BCUT2D eigenvalue weighted by Gasteiger charge is -2.10. The van der Waals surface area contributed by atoms with Gasteiger partial charge in [0, 0.05) is 18.2 Å². The molecule has 1 saturated carbocycles. The molecule has 1 heterocycles. The van der Waals surface area contributed by atoms with Crippen LogP contribution in [0.3, 0.4) is 0 Å². The number of nitrogens with zero attached hydrogens (tertiary/aromatic N) is 1. The van der Waals surface area contributed by atoms with Gasteiger partial charge in [0.25, 0.3) is 0 Å². The summed E-state index contributed by atoms with van der Waals surface area (Å²) < 4.78 is 5.50. The fourth-order valence-electron chi connectivity index (χ4n) is 1.59. The average molecular weight is 211 g/mol. The molecule has 1 aliphatic carbocycles. The zero-order valence-corrected chi connectivity index (χ0v) is 9.80. The molecule has 0 spiro atoms. The molecule has 1 aromatic rings. The van der Waals surface area contributed by atoms with Gasteiger partial charge in [0.1, 0.15) is 11.1 Å². The Balaban J connectivity index is 2.13. The number of methoxy groups -OCH3 is 1. The molecule has 1 aromatic heterocycles. The lowest BCUT2D eigenvalue weighted by Crippen LogP contribution is -2.02. The van der Waals surface area contributed by atoms with Gasteiger partial charge in [0.2, 0.25) is 0 Å². The van der Waals surface area contributed by atoms with Crippen LogP contribution in [0.25, 0.3) is 0 Å². The predicted octanol–water partition coefficient (Wildman–Crippen LogP) is 3.36. The third-order valence-corrected chi connectivity index (χ3v) is 4.02. The SMILES string of the molecule is COC(c1ncc(C(C)C)s1)C1CC1. The van der Waals surface area contributed by atoms with Crippen molar-refractivity contribution in [2.75, 3.05) is 7.11 Å². The quantitative estimate of drug-likeness (QED) is 0.762. The van der Waals surface area contributed by atoms with E-state index in [4.69, 9.17) is 4.74 Å². The molecule has 3 heteroatoms. The molecule has 78 valence electrons. The van der Waals surface area contributed by atoms with Crippen molar-refractivity contribution >= 4 is 11.3 Å². The van der Waals surface area contributed by atoms with Gasteiger partial charge in [-0.15, -0.1) is 11.3 Å². The van der Waals surface area contributed by atoms with Crippen molar-refractivity contribution in [1.82, 2.24) is 4.98 Å². The topological polar surface area (TPSA) is 22.1 Å². The highest BCUT2D eigenvalue weighted by Gasteiger charge is 2.34. The Morgan fingerprint density at radius 1 is 1.50 bits per heavy atom. The van der Waals surface area contributed by atoms with Gasteiger partial charge in [-0.3, -0.25) is 0 Å². The Morgan fingerprint density at radius 2 is 2.21 bits per heavy atom. The standard InChI is InChI=1S/C11H17NOS/c1-7(2)9-6-12-11(14-9)10(13-3)8-4-5-8/h6-8,10H,4-5H2,1-3H3. The second-order valence-electron chi connectivity index (χ2n) is 4.25. The summed E-state index contributed by atoms with van der Waals surface area (Å²) in [4.78, 5) is 5.83. The molecular weight excluding hydrogens is 194 g/mol. The summed E-state index contributed by atoms with van der Waals surface area (Å²) in [6.07, 6.45) is 4.86. The fraction of sp³-hybridized carbons (Fsp3) is 0.727. The summed E-state index contributed by atoms with van der Waals surface area (Å²) in [5.74, 6) is 1.31. The third kappa shape index (κ3) is 1.98. The van der Waals surface area contributed by atoms with Crippen LogP contribution in [0.15, 0.2) is 6.20 Å². The number of thiazole rings is 1. The van der Waals surface area contributed by atoms with Crippen LogP contribution >= 0.6 is 11.3 Å². The molecule has 0 N–H and O–H groups in total. The van der Waals surface area contributed by atoms with Crippen molar-refractivity contribution in [2.24, 2.45) is 5.92 Å². The van der Waals surface area contributed by atoms with E-state index in [1.165, 1.54) is 22.7 Å². The summed E-state index contributed by atoms with van der Waals surface area (Å²) in [5, 5.41) is 1.17. The van der Waals surface area contributed by atoms with E-state index >= 15 is 0 Å². The highest BCUT2D eigenvalue weighted by atomic mass is 32.1. The Hall–Kier alpha value is -0.410. The summed E-state index contributed by atoms with van der Waals surface area (Å²) in [6.45, 7) is 4.41. The van der Waals surface area contributed by atoms with Gasteiger partial charge in [-0.05, 0) is 24.7 Å². The van der Waals surface area contributed by atoms with E-state index in [0.717, 1.165) is 5.92 Å². The van der Waals surface area contributed by atoms with Gasteiger partial charge in [0.15, 0.2) is 0 Å². The van der Waals surface area contributed by atoms with Crippen molar-refractivity contribution in [3.05, 3.63) is 16.1 Å². The minimum absolute atomic E-state index is 0.257. The number of hydrogen-bond acceptors (Lipinski definition) is 3. The van der Waals surface area contributed by atoms with E-state index in [0.29, 0.717) is 5.92 Å². The molecule has 2 nitrogen and oxygen atoms in total. The van der Waals surface area contributed by atoms with Crippen LogP contribution in [0.1, 0.15) is 48.6 Å². The maximum Gasteiger partial charge on any atom is 0.122 e. The van der Waals surface area contributed by atoms with Crippen LogP contribution in [0.4, 0.5) is 0 Å². The first-order chi connectivity index (χ1) is 6.72. The lowest BCUT2D eigenvalue weighted by molar-refractivity contribution is 0.0844. The zero-order valence-electron chi connectivity index (χ0n) is 8.99. The Bertz CT molecular complexity index is 304. The maximum absolute atomic E-state index is 5.50.